The Balaban J connectivity index is 1.53. The molecule has 1 N–H and O–H groups in total. The molecule has 2 saturated heterocycles. The molecule has 2 aliphatic heterocycles. The maximum atomic E-state index is 12.4. The number of carbonyl (C=O) groups excluding carboxylic acids is 3. The van der Waals surface area contributed by atoms with Crippen molar-refractivity contribution in [3.8, 4) is 23.5 Å². The van der Waals surface area contributed by atoms with Gasteiger partial charge in [-0.2, -0.15) is 8.42 Å². The third-order valence-electron chi connectivity index (χ3n) is 5.82. The molecule has 2 fully saturated rings. The number of piperidine rings is 1. The summed E-state index contributed by atoms with van der Waals surface area (Å²) in [7, 11) is -3.98. The highest BCUT2D eigenvalue weighted by atomic mass is 32.2. The first-order valence-electron chi connectivity index (χ1n) is 10.5. The van der Waals surface area contributed by atoms with Crippen molar-refractivity contribution in [2.24, 2.45) is 0 Å². The van der Waals surface area contributed by atoms with Crippen LogP contribution in [0, 0.1) is 19.3 Å². The van der Waals surface area contributed by atoms with E-state index in [-0.39, 0.29) is 36.8 Å². The summed E-state index contributed by atoms with van der Waals surface area (Å²) in [5.41, 5.74) is 3.05. The van der Waals surface area contributed by atoms with Crippen LogP contribution >= 0.6 is 0 Å². The topological polar surface area (TPSA) is 119 Å². The largest absolute Gasteiger partial charge is 0.439 e. The maximum absolute atomic E-state index is 12.4. The molecule has 3 amide bonds. The average Bonchev–Trinajstić information content (AvgIpc) is 3.19. The smallest absolute Gasteiger partial charge is 0.411 e. The van der Waals surface area contributed by atoms with Gasteiger partial charge in [0.2, 0.25) is 11.8 Å². The molecule has 2 aliphatic rings. The van der Waals surface area contributed by atoms with Gasteiger partial charge in [-0.25, -0.2) is 4.79 Å². The minimum absolute atomic E-state index is 0.00275. The quantitative estimate of drug-likeness (QED) is 0.381. The van der Waals surface area contributed by atoms with Crippen molar-refractivity contribution < 1.29 is 31.7 Å². The molecule has 0 spiro atoms. The molecule has 2 atom stereocenters. The number of hydrogen-bond donors (Lipinski definition) is 1. The number of carbonyl (C=O) groups is 3. The second kappa shape index (κ2) is 9.29. The van der Waals surface area contributed by atoms with Crippen molar-refractivity contribution in [2.75, 3.05) is 13.2 Å². The highest BCUT2D eigenvalue weighted by Gasteiger charge is 2.41. The monoisotopic (exact) mass is 482 g/mol. The second-order valence-electron chi connectivity index (χ2n) is 8.01. The van der Waals surface area contributed by atoms with Crippen LogP contribution in [-0.4, -0.2) is 50.4 Å². The van der Waals surface area contributed by atoms with Crippen LogP contribution in [0.5, 0.6) is 0 Å². The van der Waals surface area contributed by atoms with Gasteiger partial charge in [0, 0.05) is 6.42 Å². The van der Waals surface area contributed by atoms with Crippen molar-refractivity contribution in [1.29, 1.82) is 0 Å². The van der Waals surface area contributed by atoms with E-state index in [0.29, 0.717) is 5.56 Å². The van der Waals surface area contributed by atoms with Crippen LogP contribution in [0.25, 0.3) is 11.1 Å². The zero-order valence-electron chi connectivity index (χ0n) is 18.3. The number of nitrogens with one attached hydrogen (secondary N) is 1. The molecule has 2 heterocycles. The summed E-state index contributed by atoms with van der Waals surface area (Å²) >= 11 is 0. The number of nitrogens with zero attached hydrogens (tertiary/aromatic N) is 1. The predicted octanol–water partition coefficient (Wildman–Crippen LogP) is 2.30. The molecule has 1 unspecified atom stereocenters. The van der Waals surface area contributed by atoms with E-state index < -0.39 is 34.3 Å². The Hall–Kier alpha value is -3.68. The van der Waals surface area contributed by atoms with Gasteiger partial charge in [-0.05, 0) is 47.7 Å². The minimum Gasteiger partial charge on any atom is -0.439 e. The molecule has 10 heteroatoms. The van der Waals surface area contributed by atoms with Gasteiger partial charge in [0.1, 0.15) is 18.8 Å². The van der Waals surface area contributed by atoms with Crippen LogP contribution < -0.4 is 5.32 Å². The highest BCUT2D eigenvalue weighted by molar-refractivity contribution is 7.86. The number of hydrogen-bond acceptors (Lipinski definition) is 7. The number of imide groups is 1. The lowest BCUT2D eigenvalue weighted by molar-refractivity contribution is -0.136. The van der Waals surface area contributed by atoms with Crippen LogP contribution in [0.2, 0.25) is 0 Å². The number of rotatable bonds is 6. The van der Waals surface area contributed by atoms with Gasteiger partial charge in [0.15, 0.2) is 0 Å². The molecule has 4 rings (SSSR count). The van der Waals surface area contributed by atoms with Crippen molar-refractivity contribution in [2.45, 2.75) is 36.8 Å². The Labute approximate surface area is 197 Å². The molecule has 0 radical (unpaired) electrons. The van der Waals surface area contributed by atoms with Crippen LogP contribution in [0.3, 0.4) is 0 Å². The van der Waals surface area contributed by atoms with Crippen LogP contribution in [0.1, 0.15) is 30.1 Å². The fourth-order valence-electron chi connectivity index (χ4n) is 4.01. The van der Waals surface area contributed by atoms with E-state index in [9.17, 15) is 22.8 Å². The molecule has 176 valence electrons. The summed E-state index contributed by atoms with van der Waals surface area (Å²) in [6.07, 6.45) is 4.34. The molecule has 2 aromatic rings. The van der Waals surface area contributed by atoms with Gasteiger partial charge in [0.05, 0.1) is 11.4 Å². The van der Waals surface area contributed by atoms with Gasteiger partial charge in [-0.15, -0.1) is 6.42 Å². The van der Waals surface area contributed by atoms with E-state index in [1.807, 2.05) is 6.92 Å². The zero-order chi connectivity index (χ0) is 24.5. The van der Waals surface area contributed by atoms with E-state index in [1.54, 1.807) is 30.3 Å². The van der Waals surface area contributed by atoms with Crippen molar-refractivity contribution in [3.63, 3.8) is 0 Å². The number of aryl methyl sites for hydroxylation is 1. The van der Waals surface area contributed by atoms with E-state index >= 15 is 0 Å². The van der Waals surface area contributed by atoms with Gasteiger partial charge < -0.3 is 4.74 Å². The molecular formula is C24H22N2O7S. The van der Waals surface area contributed by atoms with Crippen LogP contribution in [-0.2, 0) is 28.6 Å². The standard InChI is InChI=1S/C24H22N2O7S/c1-3-12-32-34(30,31)18-9-4-15(2)19(13-18)16-5-7-17(8-6-16)21-14-26(24(29)33-21)20-10-11-22(27)25-23(20)28/h1,4-9,13,20-21H,10-12,14H2,2H3,(H,25,27,28)/t20?,21-/m1/s1. The van der Waals surface area contributed by atoms with Crippen molar-refractivity contribution in [3.05, 3.63) is 53.6 Å². The first-order chi connectivity index (χ1) is 16.2. The normalized spacial score (nSPS) is 20.6. The Morgan fingerprint density at radius 2 is 1.91 bits per heavy atom. The Kier molecular flexibility index (Phi) is 6.41. The summed E-state index contributed by atoms with van der Waals surface area (Å²) in [5, 5.41) is 2.25. The number of benzene rings is 2. The van der Waals surface area contributed by atoms with Crippen molar-refractivity contribution in [1.82, 2.24) is 10.2 Å². The molecule has 0 bridgehead atoms. The molecule has 34 heavy (non-hydrogen) atoms. The Bertz CT molecular complexity index is 1300. The van der Waals surface area contributed by atoms with Crippen LogP contribution in [0.15, 0.2) is 47.4 Å². The molecule has 0 aromatic heterocycles. The lowest BCUT2D eigenvalue weighted by atomic mass is 9.98. The highest BCUT2D eigenvalue weighted by Crippen LogP contribution is 2.32. The summed E-state index contributed by atoms with van der Waals surface area (Å²) in [4.78, 5) is 37.2. The lowest BCUT2D eigenvalue weighted by Gasteiger charge is -2.27. The van der Waals surface area contributed by atoms with E-state index in [0.717, 1.165) is 16.7 Å². The summed E-state index contributed by atoms with van der Waals surface area (Å²) in [6, 6.07) is 11.1. The predicted molar refractivity (Wildman–Crippen MR) is 121 cm³/mol. The SMILES string of the molecule is C#CCOS(=O)(=O)c1ccc(C)c(-c2ccc([C@H]3CN(C4CCC(=O)NC4=O)C(=O)O3)cc2)c1. The third kappa shape index (κ3) is 4.66. The first kappa shape index (κ1) is 23.5. The number of amides is 3. The summed E-state index contributed by atoms with van der Waals surface area (Å²) in [5.74, 6) is 1.29. The third-order valence-corrected chi connectivity index (χ3v) is 7.07. The number of terminal acetylenes is 1. The van der Waals surface area contributed by atoms with Gasteiger partial charge in [-0.3, -0.25) is 24.0 Å². The first-order valence-corrected chi connectivity index (χ1v) is 12.0. The molecule has 2 aromatic carbocycles. The fraction of sp³-hybridized carbons (Fsp3) is 0.292. The second-order valence-corrected chi connectivity index (χ2v) is 9.63. The van der Waals surface area contributed by atoms with E-state index in [2.05, 4.69) is 11.2 Å². The van der Waals surface area contributed by atoms with Crippen molar-refractivity contribution >= 4 is 28.0 Å². The fourth-order valence-corrected chi connectivity index (χ4v) is 4.87. The lowest BCUT2D eigenvalue weighted by Crippen LogP contribution is -2.52. The Morgan fingerprint density at radius 3 is 2.59 bits per heavy atom. The summed E-state index contributed by atoms with van der Waals surface area (Å²) < 4.78 is 34.9. The average molecular weight is 483 g/mol. The van der Waals surface area contributed by atoms with Gasteiger partial charge in [-0.1, -0.05) is 36.3 Å². The number of ether oxygens (including phenoxy) is 1. The Morgan fingerprint density at radius 1 is 1.18 bits per heavy atom. The molecule has 9 nitrogen and oxygen atoms in total. The van der Waals surface area contributed by atoms with Gasteiger partial charge >= 0.3 is 6.09 Å². The molecular weight excluding hydrogens is 460 g/mol. The number of cyclic esters (lactones) is 1. The van der Waals surface area contributed by atoms with Gasteiger partial charge in [0.25, 0.3) is 10.1 Å². The van der Waals surface area contributed by atoms with E-state index in [1.165, 1.54) is 17.0 Å². The molecule has 0 saturated carbocycles. The summed E-state index contributed by atoms with van der Waals surface area (Å²) in [6.45, 7) is 1.69. The maximum Gasteiger partial charge on any atom is 0.411 e. The minimum atomic E-state index is -3.98. The van der Waals surface area contributed by atoms with Crippen LogP contribution in [0.4, 0.5) is 4.79 Å². The zero-order valence-corrected chi connectivity index (χ0v) is 19.1. The molecule has 0 aliphatic carbocycles. The van der Waals surface area contributed by atoms with E-state index in [4.69, 9.17) is 15.3 Å².